The molecule has 4 aliphatic rings. The number of nitrogens with two attached hydrogens (primary N) is 8. The van der Waals surface area contributed by atoms with Crippen LogP contribution in [0.25, 0.3) is 0 Å². The van der Waals surface area contributed by atoms with E-state index in [0.717, 1.165) is 0 Å². The second-order valence-electron chi connectivity index (χ2n) is 22.9. The molecule has 0 radical (unpaired) electrons. The van der Waals surface area contributed by atoms with E-state index in [1.54, 1.807) is 0 Å². The molecule has 36 heteroatoms. The molecular formula is C57H102N22O14. The molecule has 4 saturated heterocycles. The highest BCUT2D eigenvalue weighted by Crippen LogP contribution is 2.26. The van der Waals surface area contributed by atoms with Crippen molar-refractivity contribution < 1.29 is 66.9 Å². The fourth-order valence-electron chi connectivity index (χ4n) is 11.5. The monoisotopic (exact) mass is 1320 g/mol. The molecule has 0 saturated carbocycles. The molecule has 0 aromatic rings. The Morgan fingerprint density at radius 3 is 0.978 bits per heavy atom. The maximum absolute atomic E-state index is 14.9. The van der Waals surface area contributed by atoms with Gasteiger partial charge in [0.25, 0.3) is 0 Å². The average molecular weight is 1320 g/mol. The lowest BCUT2D eigenvalue weighted by molar-refractivity contribution is -0.146. The second-order valence-corrected chi connectivity index (χ2v) is 22.9. The van der Waals surface area contributed by atoms with E-state index in [0.29, 0.717) is 64.9 Å². The molecule has 36 nitrogen and oxygen atoms in total. The van der Waals surface area contributed by atoms with E-state index in [-0.39, 0.29) is 179 Å². The summed E-state index contributed by atoms with van der Waals surface area (Å²) in [6.07, 6.45) is 4.11. The number of hydrogen-bond acceptors (Lipinski definition) is 18. The number of nitrogens with zero attached hydrogens (tertiary/aromatic N) is 8. The van der Waals surface area contributed by atoms with Crippen LogP contribution in [0.4, 0.5) is 0 Å². The number of rotatable bonds is 42. The Balaban J connectivity index is 1.45. The van der Waals surface area contributed by atoms with Crippen LogP contribution in [0.3, 0.4) is 0 Å². The van der Waals surface area contributed by atoms with Gasteiger partial charge in [0.15, 0.2) is 23.8 Å². The molecule has 4 fully saturated rings. The predicted molar refractivity (Wildman–Crippen MR) is 342 cm³/mol. The van der Waals surface area contributed by atoms with E-state index in [1.165, 1.54) is 33.6 Å². The first-order valence-corrected chi connectivity index (χ1v) is 31.9. The fraction of sp³-hybridized carbons (Fsp3) is 0.754. The number of guanidine groups is 4. The Bertz CT molecular complexity index is 2580. The molecule has 4 aliphatic heterocycles. The first-order chi connectivity index (χ1) is 44.5. The van der Waals surface area contributed by atoms with Gasteiger partial charge in [0.2, 0.25) is 59.1 Å². The zero-order valence-electron chi connectivity index (χ0n) is 53.9. The number of hydrogen-bond donors (Lipinski definition) is 14. The minimum Gasteiger partial charge on any atom is -0.377 e. The number of carbonyl (C=O) groups excluding carboxylic acids is 10. The summed E-state index contributed by atoms with van der Waals surface area (Å²) in [5.41, 5.74) is 44.5. The van der Waals surface area contributed by atoms with Crippen LogP contribution in [0.5, 0.6) is 0 Å². The molecule has 6 unspecified atom stereocenters. The van der Waals surface area contributed by atoms with Gasteiger partial charge in [-0.15, -0.1) is 0 Å². The highest BCUT2D eigenvalue weighted by Gasteiger charge is 2.45. The molecular weight excluding hydrogens is 1220 g/mol. The van der Waals surface area contributed by atoms with E-state index in [2.05, 4.69) is 51.9 Å². The number of aliphatic imine (C=N–C) groups is 4. The molecule has 0 aromatic carbocycles. The van der Waals surface area contributed by atoms with Crippen molar-refractivity contribution in [2.75, 3.05) is 119 Å². The molecule has 524 valence electrons. The second kappa shape index (κ2) is 42.0. The van der Waals surface area contributed by atoms with Gasteiger partial charge in [-0.25, -0.2) is 0 Å². The number of nitrogens with one attached hydrogen (secondary N) is 6. The van der Waals surface area contributed by atoms with Crippen molar-refractivity contribution in [2.45, 2.75) is 158 Å². The summed E-state index contributed by atoms with van der Waals surface area (Å²) in [5.74, 6) is -5.91. The zero-order valence-corrected chi connectivity index (χ0v) is 53.9. The lowest BCUT2D eigenvalue weighted by atomic mass is 10.0. The fourth-order valence-corrected chi connectivity index (χ4v) is 11.5. The molecule has 0 spiro atoms. The van der Waals surface area contributed by atoms with Gasteiger partial charge in [-0.1, -0.05) is 0 Å². The molecule has 4 rings (SSSR count). The molecule has 10 amide bonds. The van der Waals surface area contributed by atoms with Crippen molar-refractivity contribution in [3.8, 4) is 0 Å². The Kier molecular flexibility index (Phi) is 34.8. The summed E-state index contributed by atoms with van der Waals surface area (Å²) in [7, 11) is 1.43. The summed E-state index contributed by atoms with van der Waals surface area (Å²) in [4.78, 5) is 160. The van der Waals surface area contributed by atoms with Gasteiger partial charge in [0, 0.05) is 79.5 Å². The standard InChI is InChI=1S/C57H102N22O14/c1-36(80)72-37(11-3-19-68-54(58)59)50(86)77-26-8-16-42(77)47(83)74-39(13-5-21-70-56(62)63)52(88)79-28-10-18-44(79)49(85)75-40(14-6-22-71-57(64)65)53(89)78-27-9-17-43(78)48(84)73-38(12-4-20-69-55(60)61)51(87)76-25-7-15-41(76)46(82)67-24-30-92-32-34-93-33-31-91-29-23-66-45(81)35-90-2/h37-44H,3-35H2,1-2H3,(H,66,81)(H,67,82)(H,72,80)(H,73,84)(H,74,83)(H,75,85)(H4,58,59,68)(H4,60,61,69)(H4,62,63,70)(H4,64,65,71)/t37?,38?,39?,40?,41-,42?,43?,44-/m1/s1. The molecule has 0 aliphatic carbocycles. The third-order valence-corrected chi connectivity index (χ3v) is 15.8. The Labute approximate surface area is 542 Å². The van der Waals surface area contributed by atoms with Gasteiger partial charge in [-0.05, 0) is 103 Å². The van der Waals surface area contributed by atoms with Crippen molar-refractivity contribution in [2.24, 2.45) is 65.8 Å². The number of amides is 10. The molecule has 8 atom stereocenters. The van der Waals surface area contributed by atoms with Crippen LogP contribution >= 0.6 is 0 Å². The minimum absolute atomic E-state index is 0.00799. The van der Waals surface area contributed by atoms with Crippen LogP contribution in [-0.4, -0.2) is 270 Å². The smallest absolute Gasteiger partial charge is 0.246 e. The quantitative estimate of drug-likeness (QED) is 0.0153. The minimum atomic E-state index is -1.25. The van der Waals surface area contributed by atoms with Gasteiger partial charge < -0.3 is 116 Å². The summed E-state index contributed by atoms with van der Waals surface area (Å²) >= 11 is 0. The van der Waals surface area contributed by atoms with E-state index < -0.39 is 101 Å². The van der Waals surface area contributed by atoms with E-state index >= 15 is 0 Å². The summed E-state index contributed by atoms with van der Waals surface area (Å²) in [5, 5.41) is 16.7. The normalized spacial score (nSPS) is 18.9. The van der Waals surface area contributed by atoms with Crippen LogP contribution in [0.2, 0.25) is 0 Å². The summed E-state index contributed by atoms with van der Waals surface area (Å²) in [6, 6.07) is -8.66. The predicted octanol–water partition coefficient (Wildman–Crippen LogP) is -6.95. The Morgan fingerprint density at radius 1 is 0.409 bits per heavy atom. The lowest BCUT2D eigenvalue weighted by Crippen LogP contribution is -2.59. The van der Waals surface area contributed by atoms with Crippen molar-refractivity contribution in [3.05, 3.63) is 0 Å². The maximum atomic E-state index is 14.9. The first-order valence-electron chi connectivity index (χ1n) is 31.9. The van der Waals surface area contributed by atoms with Gasteiger partial charge >= 0.3 is 0 Å². The largest absolute Gasteiger partial charge is 0.377 e. The van der Waals surface area contributed by atoms with Crippen LogP contribution in [0.1, 0.15) is 110 Å². The van der Waals surface area contributed by atoms with Gasteiger partial charge in [0.05, 0.1) is 39.6 Å². The van der Waals surface area contributed by atoms with Gasteiger partial charge in [0.1, 0.15) is 54.9 Å². The third-order valence-electron chi connectivity index (χ3n) is 15.8. The van der Waals surface area contributed by atoms with Crippen LogP contribution < -0.4 is 77.8 Å². The number of methoxy groups -OCH3 is 1. The van der Waals surface area contributed by atoms with E-state index in [4.69, 9.17) is 64.8 Å². The van der Waals surface area contributed by atoms with Crippen molar-refractivity contribution in [1.82, 2.24) is 51.5 Å². The molecule has 93 heavy (non-hydrogen) atoms. The topological polar surface area (TPSA) is 550 Å². The van der Waals surface area contributed by atoms with Crippen LogP contribution in [0.15, 0.2) is 20.0 Å². The molecule has 22 N–H and O–H groups in total. The van der Waals surface area contributed by atoms with E-state index in [9.17, 15) is 47.9 Å². The molecule has 0 aromatic heterocycles. The molecule has 0 bridgehead atoms. The SMILES string of the molecule is COCC(=O)NCCOCCOCCOCCNC(=O)[C@H]1CCCN1C(=O)C(CCCN=C(N)N)NC(=O)C1CCCN1C(=O)C(CCCN=C(N)N)NC(=O)[C@H]1CCCN1C(=O)C(CCCN=C(N)N)NC(=O)C1CCCN1C(=O)C(CCCN=C(N)N)NC(C)=O. The van der Waals surface area contributed by atoms with Crippen molar-refractivity contribution >= 4 is 82.9 Å². The Morgan fingerprint density at radius 2 is 0.688 bits per heavy atom. The number of carbonyl (C=O) groups is 10. The summed E-state index contributed by atoms with van der Waals surface area (Å²) < 4.78 is 21.3. The number of likely N-dealkylation sites (tertiary alicyclic amines) is 4. The highest BCUT2D eigenvalue weighted by molar-refractivity contribution is 5.99. The number of ether oxygens (including phenoxy) is 4. The third kappa shape index (κ3) is 27.4. The summed E-state index contributed by atoms with van der Waals surface area (Å²) in [6.45, 7) is 4.56. The van der Waals surface area contributed by atoms with Crippen molar-refractivity contribution in [3.63, 3.8) is 0 Å². The van der Waals surface area contributed by atoms with Crippen molar-refractivity contribution in [1.29, 1.82) is 0 Å². The average Bonchev–Trinajstić information content (AvgIpc) is 1.77. The van der Waals surface area contributed by atoms with Gasteiger partial charge in [-0.3, -0.25) is 67.9 Å². The van der Waals surface area contributed by atoms with Crippen LogP contribution in [0, 0.1) is 0 Å². The first kappa shape index (κ1) is 77.1. The Hall–Kier alpha value is -8.38. The highest BCUT2D eigenvalue weighted by atomic mass is 16.5. The van der Waals surface area contributed by atoms with Gasteiger partial charge in [-0.2, -0.15) is 0 Å². The van der Waals surface area contributed by atoms with Crippen LogP contribution in [-0.2, 0) is 66.9 Å². The maximum Gasteiger partial charge on any atom is 0.246 e. The zero-order chi connectivity index (χ0) is 68.2. The van der Waals surface area contributed by atoms with E-state index in [1.807, 2.05) is 0 Å². The molecule has 4 heterocycles. The lowest BCUT2D eigenvalue weighted by Gasteiger charge is -2.33.